The topological polar surface area (TPSA) is 73.2 Å². The van der Waals surface area contributed by atoms with E-state index in [1.165, 1.54) is 22.2 Å². The quantitative estimate of drug-likeness (QED) is 0.720. The van der Waals surface area contributed by atoms with Crippen molar-refractivity contribution < 1.29 is 9.53 Å². The Balaban J connectivity index is 1.71. The fraction of sp³-hybridized carbons (Fsp3) is 0.316. The van der Waals surface area contributed by atoms with Crippen LogP contribution in [0, 0.1) is 0 Å². The largest absolute Gasteiger partial charge is 0.491 e. The number of nitrogens with one attached hydrogen (secondary N) is 1. The zero-order valence-electron chi connectivity index (χ0n) is 15.0. The van der Waals surface area contributed by atoms with E-state index < -0.39 is 0 Å². The highest BCUT2D eigenvalue weighted by atomic mass is 32.1. The number of fused-ring (bicyclic) bond motifs is 1. The Morgan fingerprint density at radius 3 is 2.69 bits per heavy atom. The van der Waals surface area contributed by atoms with Gasteiger partial charge in [-0.1, -0.05) is 6.92 Å². The molecule has 0 aliphatic heterocycles. The van der Waals surface area contributed by atoms with Gasteiger partial charge in [0.25, 0.3) is 5.56 Å². The molecule has 0 radical (unpaired) electrons. The first-order valence-corrected chi connectivity index (χ1v) is 9.32. The molecule has 0 spiro atoms. The lowest BCUT2D eigenvalue weighted by molar-refractivity contribution is -0.116. The van der Waals surface area contributed by atoms with E-state index in [1.807, 2.05) is 26.8 Å². The molecule has 6 nitrogen and oxygen atoms in total. The number of aromatic nitrogens is 2. The predicted octanol–water partition coefficient (Wildman–Crippen LogP) is 3.45. The highest BCUT2D eigenvalue weighted by molar-refractivity contribution is 7.18. The molecule has 0 saturated heterocycles. The van der Waals surface area contributed by atoms with Crippen LogP contribution in [0.25, 0.3) is 10.2 Å². The third-order valence-electron chi connectivity index (χ3n) is 3.74. The second kappa shape index (κ2) is 7.70. The summed E-state index contributed by atoms with van der Waals surface area (Å²) in [4.78, 5) is 30.9. The van der Waals surface area contributed by atoms with E-state index in [-0.39, 0.29) is 24.1 Å². The molecule has 0 atom stereocenters. The maximum absolute atomic E-state index is 12.5. The third kappa shape index (κ3) is 4.11. The van der Waals surface area contributed by atoms with Gasteiger partial charge in [0.1, 0.15) is 17.1 Å². The number of carbonyl (C=O) groups excluding carboxylic acids is 1. The molecule has 136 valence electrons. The summed E-state index contributed by atoms with van der Waals surface area (Å²) in [6, 6.07) is 9.00. The van der Waals surface area contributed by atoms with Crippen LogP contribution in [0.4, 0.5) is 5.69 Å². The Bertz CT molecular complexity index is 974. The monoisotopic (exact) mass is 371 g/mol. The van der Waals surface area contributed by atoms with Gasteiger partial charge in [-0.2, -0.15) is 0 Å². The van der Waals surface area contributed by atoms with E-state index in [4.69, 9.17) is 4.74 Å². The lowest BCUT2D eigenvalue weighted by Crippen LogP contribution is -2.27. The van der Waals surface area contributed by atoms with Crippen LogP contribution < -0.4 is 15.6 Å². The second-order valence-electron chi connectivity index (χ2n) is 6.20. The predicted molar refractivity (Wildman–Crippen MR) is 104 cm³/mol. The zero-order valence-corrected chi connectivity index (χ0v) is 15.8. The van der Waals surface area contributed by atoms with Gasteiger partial charge >= 0.3 is 0 Å². The van der Waals surface area contributed by atoms with Crippen molar-refractivity contribution in [2.75, 3.05) is 5.32 Å². The standard InChI is InChI=1S/C19H21N3O3S/c1-4-15-9-16-18(26-15)20-11-22(19(16)24)10-17(23)21-13-5-7-14(8-6-13)25-12(2)3/h5-9,11-12H,4,10H2,1-3H3,(H,21,23). The van der Waals surface area contributed by atoms with Gasteiger partial charge in [0.15, 0.2) is 0 Å². The summed E-state index contributed by atoms with van der Waals surface area (Å²) in [6.45, 7) is 5.86. The van der Waals surface area contributed by atoms with Gasteiger partial charge in [0.05, 0.1) is 17.8 Å². The zero-order chi connectivity index (χ0) is 18.7. The summed E-state index contributed by atoms with van der Waals surface area (Å²) in [5, 5.41) is 3.35. The molecule has 2 heterocycles. The Labute approximate surface area is 155 Å². The van der Waals surface area contributed by atoms with Gasteiger partial charge in [0, 0.05) is 10.6 Å². The van der Waals surface area contributed by atoms with Crippen LogP contribution >= 0.6 is 11.3 Å². The van der Waals surface area contributed by atoms with Crippen molar-refractivity contribution in [2.24, 2.45) is 0 Å². The van der Waals surface area contributed by atoms with Gasteiger partial charge in [-0.15, -0.1) is 11.3 Å². The Morgan fingerprint density at radius 2 is 2.04 bits per heavy atom. The first kappa shape index (κ1) is 18.1. The van der Waals surface area contributed by atoms with Crippen molar-refractivity contribution in [1.29, 1.82) is 0 Å². The molecular weight excluding hydrogens is 350 g/mol. The van der Waals surface area contributed by atoms with Gasteiger partial charge < -0.3 is 10.1 Å². The molecular formula is C19H21N3O3S. The van der Waals surface area contributed by atoms with E-state index in [9.17, 15) is 9.59 Å². The summed E-state index contributed by atoms with van der Waals surface area (Å²) in [5.74, 6) is 0.463. The fourth-order valence-corrected chi connectivity index (χ4v) is 3.47. The van der Waals surface area contributed by atoms with Crippen molar-refractivity contribution in [3.05, 3.63) is 51.9 Å². The van der Waals surface area contributed by atoms with Crippen LogP contribution in [-0.4, -0.2) is 21.6 Å². The van der Waals surface area contributed by atoms with E-state index >= 15 is 0 Å². The van der Waals surface area contributed by atoms with Crippen molar-refractivity contribution >= 4 is 33.1 Å². The number of aryl methyl sites for hydroxylation is 1. The maximum Gasteiger partial charge on any atom is 0.262 e. The molecule has 1 aromatic carbocycles. The van der Waals surface area contributed by atoms with Crippen molar-refractivity contribution in [2.45, 2.75) is 39.8 Å². The molecule has 3 rings (SSSR count). The highest BCUT2D eigenvalue weighted by Gasteiger charge is 2.11. The number of carbonyl (C=O) groups is 1. The number of amides is 1. The second-order valence-corrected chi connectivity index (χ2v) is 7.32. The van der Waals surface area contributed by atoms with Crippen LogP contribution in [0.15, 0.2) is 41.5 Å². The number of nitrogens with zero attached hydrogens (tertiary/aromatic N) is 2. The maximum atomic E-state index is 12.5. The average molecular weight is 371 g/mol. The van der Waals surface area contributed by atoms with E-state index in [1.54, 1.807) is 24.3 Å². The van der Waals surface area contributed by atoms with E-state index in [2.05, 4.69) is 10.3 Å². The van der Waals surface area contributed by atoms with E-state index in [0.717, 1.165) is 17.0 Å². The molecule has 7 heteroatoms. The van der Waals surface area contributed by atoms with Crippen LogP contribution in [0.3, 0.4) is 0 Å². The van der Waals surface area contributed by atoms with Crippen molar-refractivity contribution in [1.82, 2.24) is 9.55 Å². The lowest BCUT2D eigenvalue weighted by Gasteiger charge is -2.11. The number of benzene rings is 1. The molecule has 1 amide bonds. The van der Waals surface area contributed by atoms with Crippen LogP contribution in [-0.2, 0) is 17.8 Å². The molecule has 0 unspecified atom stereocenters. The molecule has 0 aliphatic carbocycles. The Kier molecular flexibility index (Phi) is 5.37. The summed E-state index contributed by atoms with van der Waals surface area (Å²) >= 11 is 1.51. The fourth-order valence-electron chi connectivity index (χ4n) is 2.54. The summed E-state index contributed by atoms with van der Waals surface area (Å²) in [7, 11) is 0. The number of anilines is 1. The Hall–Kier alpha value is -2.67. The van der Waals surface area contributed by atoms with Crippen LogP contribution in [0.5, 0.6) is 5.75 Å². The highest BCUT2D eigenvalue weighted by Crippen LogP contribution is 2.21. The van der Waals surface area contributed by atoms with Gasteiger partial charge in [-0.25, -0.2) is 4.98 Å². The van der Waals surface area contributed by atoms with Crippen molar-refractivity contribution in [3.63, 3.8) is 0 Å². The molecule has 0 fully saturated rings. The minimum atomic E-state index is -0.281. The molecule has 26 heavy (non-hydrogen) atoms. The van der Waals surface area contributed by atoms with Gasteiger partial charge in [0.2, 0.25) is 5.91 Å². The van der Waals surface area contributed by atoms with E-state index in [0.29, 0.717) is 15.9 Å². The number of rotatable bonds is 6. The summed E-state index contributed by atoms with van der Waals surface area (Å²) < 4.78 is 6.91. The molecule has 3 aromatic rings. The number of hydrogen-bond donors (Lipinski definition) is 1. The minimum Gasteiger partial charge on any atom is -0.491 e. The van der Waals surface area contributed by atoms with Gasteiger partial charge in [-0.3, -0.25) is 14.2 Å². The number of thiophene rings is 1. The smallest absolute Gasteiger partial charge is 0.262 e. The molecule has 2 aromatic heterocycles. The minimum absolute atomic E-state index is 0.0800. The van der Waals surface area contributed by atoms with Crippen LogP contribution in [0.2, 0.25) is 0 Å². The molecule has 0 aliphatic rings. The summed E-state index contributed by atoms with van der Waals surface area (Å²) in [5.41, 5.74) is 0.457. The molecule has 1 N–H and O–H groups in total. The van der Waals surface area contributed by atoms with Gasteiger partial charge in [-0.05, 0) is 50.6 Å². The lowest BCUT2D eigenvalue weighted by atomic mass is 10.3. The van der Waals surface area contributed by atoms with Crippen molar-refractivity contribution in [3.8, 4) is 5.75 Å². The first-order valence-electron chi connectivity index (χ1n) is 8.50. The normalized spacial score (nSPS) is 11.1. The molecule has 0 bridgehead atoms. The Morgan fingerprint density at radius 1 is 1.31 bits per heavy atom. The molecule has 0 saturated carbocycles. The average Bonchev–Trinajstić information content (AvgIpc) is 3.03. The first-order chi connectivity index (χ1) is 12.5. The number of ether oxygens (including phenoxy) is 1. The third-order valence-corrected chi connectivity index (χ3v) is 4.93. The van der Waals surface area contributed by atoms with Crippen LogP contribution in [0.1, 0.15) is 25.6 Å². The SMILES string of the molecule is CCc1cc2c(=O)n(CC(=O)Nc3ccc(OC(C)C)cc3)cnc2s1. The number of hydrogen-bond acceptors (Lipinski definition) is 5. The summed E-state index contributed by atoms with van der Waals surface area (Å²) in [6.07, 6.45) is 2.38.